The number of pyridine rings is 1. The molecule has 2 rings (SSSR count). The third-order valence-electron chi connectivity index (χ3n) is 3.34. The maximum absolute atomic E-state index is 11.6. The number of aromatic nitrogens is 3. The summed E-state index contributed by atoms with van der Waals surface area (Å²) < 4.78 is 7.53. The van der Waals surface area contributed by atoms with Crippen LogP contribution in [-0.4, -0.2) is 26.7 Å². The Labute approximate surface area is 138 Å². The lowest BCUT2D eigenvalue weighted by Gasteiger charge is -2.14. The van der Waals surface area contributed by atoms with Crippen LogP contribution in [0, 0.1) is 0 Å². The Morgan fingerprint density at radius 3 is 2.65 bits per heavy atom. The van der Waals surface area contributed by atoms with Crippen molar-refractivity contribution in [2.24, 2.45) is 0 Å². The Hall–Kier alpha value is -2.17. The molecule has 23 heavy (non-hydrogen) atoms. The summed E-state index contributed by atoms with van der Waals surface area (Å²) in [6.07, 6.45) is 8.24. The van der Waals surface area contributed by atoms with E-state index in [-0.39, 0.29) is 11.9 Å². The van der Waals surface area contributed by atoms with Crippen LogP contribution < -0.4 is 4.74 Å². The van der Waals surface area contributed by atoms with Gasteiger partial charge in [0.05, 0.1) is 11.3 Å². The highest BCUT2D eigenvalue weighted by atomic mass is 16.5. The number of Topliss-reactive ketones (excluding diaryl/α,β-unsaturated/α-hetero) is 1. The van der Waals surface area contributed by atoms with Gasteiger partial charge in [-0.25, -0.2) is 4.68 Å². The minimum Gasteiger partial charge on any atom is -0.473 e. The van der Waals surface area contributed by atoms with Gasteiger partial charge in [-0.3, -0.25) is 9.78 Å². The number of ether oxygens (including phenoxy) is 1. The van der Waals surface area contributed by atoms with Crippen molar-refractivity contribution in [1.82, 2.24) is 14.8 Å². The van der Waals surface area contributed by atoms with E-state index in [4.69, 9.17) is 4.74 Å². The molecular weight excluding hydrogens is 290 g/mol. The minimum absolute atomic E-state index is 0.0338. The standard InChI is InChI=1S/C16H21N3O2.C2H6/c1-4-6-13(5-2)21-16-8-10-19(18-16)15-7-9-17-11-14(15)12(3)20;1-2/h7-11,13H,4-6H2,1-3H3;1-2H3/t13-;/m1./s1. The molecule has 2 aromatic rings. The number of hydrogen-bond donors (Lipinski definition) is 0. The van der Waals surface area contributed by atoms with Crippen LogP contribution in [0.25, 0.3) is 5.69 Å². The molecule has 0 unspecified atom stereocenters. The van der Waals surface area contributed by atoms with Gasteiger partial charge in [-0.2, -0.15) is 0 Å². The van der Waals surface area contributed by atoms with Gasteiger partial charge in [-0.05, 0) is 25.8 Å². The Balaban J connectivity index is 0.00000127. The molecule has 0 bridgehead atoms. The molecule has 0 aliphatic rings. The molecule has 0 saturated heterocycles. The lowest BCUT2D eigenvalue weighted by molar-refractivity contribution is 0.101. The molecule has 0 amide bonds. The first-order chi connectivity index (χ1) is 11.2. The van der Waals surface area contributed by atoms with Crippen LogP contribution in [0.3, 0.4) is 0 Å². The second-order valence-electron chi connectivity index (χ2n) is 4.98. The topological polar surface area (TPSA) is 57.0 Å². The first kappa shape index (κ1) is 18.9. The van der Waals surface area contributed by atoms with Crippen molar-refractivity contribution in [3.8, 4) is 11.6 Å². The summed E-state index contributed by atoms with van der Waals surface area (Å²) in [5, 5.41) is 4.41. The molecule has 0 aromatic carbocycles. The van der Waals surface area contributed by atoms with Crippen molar-refractivity contribution in [1.29, 1.82) is 0 Å². The summed E-state index contributed by atoms with van der Waals surface area (Å²) in [6, 6.07) is 3.60. The van der Waals surface area contributed by atoms with Crippen LogP contribution >= 0.6 is 0 Å². The first-order valence-electron chi connectivity index (χ1n) is 8.33. The van der Waals surface area contributed by atoms with Crippen LogP contribution in [0.15, 0.2) is 30.7 Å². The zero-order chi connectivity index (χ0) is 17.2. The van der Waals surface area contributed by atoms with E-state index in [1.807, 2.05) is 19.9 Å². The number of rotatable bonds is 7. The fourth-order valence-corrected chi connectivity index (χ4v) is 2.20. The molecule has 5 nitrogen and oxygen atoms in total. The van der Waals surface area contributed by atoms with Crippen LogP contribution in [0.1, 0.15) is 64.2 Å². The smallest absolute Gasteiger partial charge is 0.233 e. The molecule has 0 radical (unpaired) electrons. The summed E-state index contributed by atoms with van der Waals surface area (Å²) in [4.78, 5) is 15.6. The number of hydrogen-bond acceptors (Lipinski definition) is 4. The summed E-state index contributed by atoms with van der Waals surface area (Å²) in [7, 11) is 0. The molecule has 0 N–H and O–H groups in total. The number of ketones is 1. The van der Waals surface area contributed by atoms with E-state index in [1.54, 1.807) is 29.3 Å². The van der Waals surface area contributed by atoms with Gasteiger partial charge in [0.15, 0.2) is 5.78 Å². The van der Waals surface area contributed by atoms with Crippen molar-refractivity contribution in [3.63, 3.8) is 0 Å². The van der Waals surface area contributed by atoms with Crippen LogP contribution in [0.2, 0.25) is 0 Å². The molecule has 126 valence electrons. The third-order valence-corrected chi connectivity index (χ3v) is 3.34. The number of carbonyl (C=O) groups is 1. The van der Waals surface area contributed by atoms with Crippen LogP contribution in [0.4, 0.5) is 0 Å². The van der Waals surface area contributed by atoms with Crippen molar-refractivity contribution in [2.75, 3.05) is 0 Å². The Kier molecular flexibility index (Phi) is 8.02. The predicted molar refractivity (Wildman–Crippen MR) is 92.3 cm³/mol. The second-order valence-corrected chi connectivity index (χ2v) is 4.98. The fourth-order valence-electron chi connectivity index (χ4n) is 2.20. The van der Waals surface area contributed by atoms with Gasteiger partial charge in [0.2, 0.25) is 5.88 Å². The average molecular weight is 317 g/mol. The van der Waals surface area contributed by atoms with Crippen molar-refractivity contribution < 1.29 is 9.53 Å². The van der Waals surface area contributed by atoms with Crippen molar-refractivity contribution >= 4 is 5.78 Å². The van der Waals surface area contributed by atoms with Gasteiger partial charge in [0.25, 0.3) is 0 Å². The fraction of sp³-hybridized carbons (Fsp3) is 0.500. The Bertz CT molecular complexity index is 608. The highest BCUT2D eigenvalue weighted by Gasteiger charge is 2.13. The van der Waals surface area contributed by atoms with E-state index in [9.17, 15) is 4.79 Å². The van der Waals surface area contributed by atoms with E-state index in [2.05, 4.69) is 23.9 Å². The van der Waals surface area contributed by atoms with Gasteiger partial charge in [-0.1, -0.05) is 34.1 Å². The molecule has 5 heteroatoms. The lowest BCUT2D eigenvalue weighted by atomic mass is 10.2. The highest BCUT2D eigenvalue weighted by molar-refractivity contribution is 5.97. The van der Waals surface area contributed by atoms with Gasteiger partial charge in [-0.15, -0.1) is 5.10 Å². The summed E-state index contributed by atoms with van der Waals surface area (Å²) in [6.45, 7) is 9.77. The normalized spacial score (nSPS) is 11.3. The lowest BCUT2D eigenvalue weighted by Crippen LogP contribution is -2.15. The predicted octanol–water partition coefficient (Wildman–Crippen LogP) is 4.45. The van der Waals surface area contributed by atoms with Crippen molar-refractivity contribution in [2.45, 2.75) is 60.0 Å². The molecule has 0 spiro atoms. The number of carbonyl (C=O) groups excluding carboxylic acids is 1. The minimum atomic E-state index is -0.0338. The molecule has 0 aliphatic carbocycles. The van der Waals surface area contributed by atoms with Crippen LogP contribution in [-0.2, 0) is 0 Å². The highest BCUT2D eigenvalue weighted by Crippen LogP contribution is 2.18. The molecule has 0 saturated carbocycles. The quantitative estimate of drug-likeness (QED) is 0.708. The SMILES string of the molecule is CC.CCC[C@@H](CC)Oc1ccn(-c2ccncc2C(C)=O)n1. The van der Waals surface area contributed by atoms with Crippen molar-refractivity contribution in [3.05, 3.63) is 36.3 Å². The Morgan fingerprint density at radius 2 is 2.04 bits per heavy atom. The monoisotopic (exact) mass is 317 g/mol. The molecule has 2 aromatic heterocycles. The van der Waals surface area contributed by atoms with Gasteiger partial charge >= 0.3 is 0 Å². The maximum Gasteiger partial charge on any atom is 0.233 e. The van der Waals surface area contributed by atoms with Gasteiger partial charge < -0.3 is 4.74 Å². The molecule has 0 aliphatic heterocycles. The third kappa shape index (κ3) is 5.20. The van der Waals surface area contributed by atoms with E-state index >= 15 is 0 Å². The van der Waals surface area contributed by atoms with Gasteiger partial charge in [0.1, 0.15) is 6.10 Å². The molecular formula is C18H27N3O2. The van der Waals surface area contributed by atoms with E-state index in [0.29, 0.717) is 11.4 Å². The molecule has 2 heterocycles. The first-order valence-corrected chi connectivity index (χ1v) is 8.33. The average Bonchev–Trinajstić information content (AvgIpc) is 3.04. The summed E-state index contributed by atoms with van der Waals surface area (Å²) in [5.74, 6) is 0.551. The Morgan fingerprint density at radius 1 is 1.30 bits per heavy atom. The van der Waals surface area contributed by atoms with Gasteiger partial charge in [0, 0.05) is 24.7 Å². The molecule has 1 atom stereocenters. The van der Waals surface area contributed by atoms with E-state index < -0.39 is 0 Å². The van der Waals surface area contributed by atoms with E-state index in [0.717, 1.165) is 24.9 Å². The zero-order valence-corrected chi connectivity index (χ0v) is 14.7. The second kappa shape index (κ2) is 9.77. The van der Waals surface area contributed by atoms with E-state index in [1.165, 1.54) is 6.92 Å². The maximum atomic E-state index is 11.6. The summed E-state index contributed by atoms with van der Waals surface area (Å²) in [5.41, 5.74) is 1.27. The molecule has 0 fully saturated rings. The summed E-state index contributed by atoms with van der Waals surface area (Å²) >= 11 is 0. The largest absolute Gasteiger partial charge is 0.473 e. The zero-order valence-electron chi connectivity index (χ0n) is 14.7. The van der Waals surface area contributed by atoms with Crippen LogP contribution in [0.5, 0.6) is 5.88 Å². The number of nitrogens with zero attached hydrogens (tertiary/aromatic N) is 3.